The Kier molecular flexibility index (Phi) is 2.54. The van der Waals surface area contributed by atoms with E-state index in [1.165, 1.54) is 5.56 Å². The molecular weight excluding hydrogens is 184 g/mol. The monoisotopic (exact) mass is 196 g/mol. The summed E-state index contributed by atoms with van der Waals surface area (Å²) in [5, 5.41) is 0.801. The lowest BCUT2D eigenvalue weighted by Gasteiger charge is -2.13. The quantitative estimate of drug-likeness (QED) is 0.717. The lowest BCUT2D eigenvalue weighted by atomic mass is 9.94. The van der Waals surface area contributed by atoms with Crippen molar-refractivity contribution in [3.63, 3.8) is 0 Å². The number of hydrogen-bond donors (Lipinski definition) is 2. The Bertz CT molecular complexity index is 283. The Morgan fingerprint density at radius 3 is 2.54 bits per heavy atom. The van der Waals surface area contributed by atoms with Crippen LogP contribution in [0.4, 0.5) is 0 Å². The van der Waals surface area contributed by atoms with Crippen molar-refractivity contribution in [1.82, 2.24) is 10.9 Å². The van der Waals surface area contributed by atoms with Crippen LogP contribution >= 0.6 is 11.6 Å². The summed E-state index contributed by atoms with van der Waals surface area (Å²) in [6.07, 6.45) is 0. The molecule has 2 nitrogen and oxygen atoms in total. The first-order chi connectivity index (χ1) is 6.27. The van der Waals surface area contributed by atoms with Gasteiger partial charge >= 0.3 is 0 Å². The zero-order valence-corrected chi connectivity index (χ0v) is 8.31. The lowest BCUT2D eigenvalue weighted by molar-refractivity contribution is 0.570. The van der Waals surface area contributed by atoms with Gasteiger partial charge in [-0.2, -0.15) is 0 Å². The molecule has 0 aromatic heterocycles. The second kappa shape index (κ2) is 3.66. The van der Waals surface area contributed by atoms with E-state index in [1.807, 2.05) is 12.1 Å². The summed E-state index contributed by atoms with van der Waals surface area (Å²) in [7, 11) is 0. The maximum Gasteiger partial charge on any atom is 0.0406 e. The number of hydrazine groups is 1. The number of hydrogen-bond acceptors (Lipinski definition) is 2. The van der Waals surface area contributed by atoms with Crippen molar-refractivity contribution in [2.75, 3.05) is 6.54 Å². The van der Waals surface area contributed by atoms with Crippen LogP contribution in [0.15, 0.2) is 24.3 Å². The van der Waals surface area contributed by atoms with Crippen LogP contribution in [0.2, 0.25) is 5.02 Å². The number of benzene rings is 1. The minimum Gasteiger partial charge on any atom is -0.257 e. The van der Waals surface area contributed by atoms with Gasteiger partial charge in [0, 0.05) is 23.5 Å². The van der Waals surface area contributed by atoms with Crippen molar-refractivity contribution in [2.45, 2.75) is 18.9 Å². The van der Waals surface area contributed by atoms with Gasteiger partial charge < -0.3 is 0 Å². The standard InChI is InChI=1S/C10H13ClN2/c1-7-10(6-12-13-7)8-2-4-9(11)5-3-8/h2-5,7,10,12-13H,6H2,1H3. The highest BCUT2D eigenvalue weighted by Gasteiger charge is 2.23. The predicted octanol–water partition coefficient (Wildman–Crippen LogP) is 1.92. The SMILES string of the molecule is CC1NNCC1c1ccc(Cl)cc1. The van der Waals surface area contributed by atoms with E-state index >= 15 is 0 Å². The van der Waals surface area contributed by atoms with Crippen LogP contribution in [-0.2, 0) is 0 Å². The third-order valence-electron chi connectivity index (χ3n) is 2.55. The van der Waals surface area contributed by atoms with Crippen LogP contribution in [0.5, 0.6) is 0 Å². The topological polar surface area (TPSA) is 24.1 Å². The van der Waals surface area contributed by atoms with Gasteiger partial charge in [-0.15, -0.1) is 0 Å². The average Bonchev–Trinajstić information content (AvgIpc) is 2.53. The molecule has 0 radical (unpaired) electrons. The fourth-order valence-electron chi connectivity index (χ4n) is 1.72. The minimum atomic E-state index is 0.487. The van der Waals surface area contributed by atoms with Gasteiger partial charge in [0.25, 0.3) is 0 Å². The molecule has 0 bridgehead atoms. The van der Waals surface area contributed by atoms with Crippen molar-refractivity contribution in [2.24, 2.45) is 0 Å². The molecule has 2 atom stereocenters. The van der Waals surface area contributed by atoms with Crippen LogP contribution in [0.1, 0.15) is 18.4 Å². The summed E-state index contributed by atoms with van der Waals surface area (Å²) < 4.78 is 0. The maximum atomic E-state index is 5.82. The number of rotatable bonds is 1. The van der Waals surface area contributed by atoms with Gasteiger partial charge in [-0.05, 0) is 24.6 Å². The molecule has 13 heavy (non-hydrogen) atoms. The lowest BCUT2D eigenvalue weighted by Crippen LogP contribution is -2.28. The smallest absolute Gasteiger partial charge is 0.0406 e. The van der Waals surface area contributed by atoms with Crippen LogP contribution in [0.25, 0.3) is 0 Å². The number of nitrogens with one attached hydrogen (secondary N) is 2. The highest BCUT2D eigenvalue weighted by atomic mass is 35.5. The summed E-state index contributed by atoms with van der Waals surface area (Å²) in [6, 6.07) is 8.57. The Labute approximate surface area is 83.3 Å². The van der Waals surface area contributed by atoms with E-state index < -0.39 is 0 Å². The maximum absolute atomic E-state index is 5.82. The first-order valence-corrected chi connectivity index (χ1v) is 4.89. The van der Waals surface area contributed by atoms with E-state index in [-0.39, 0.29) is 0 Å². The van der Waals surface area contributed by atoms with Crippen LogP contribution < -0.4 is 10.9 Å². The van der Waals surface area contributed by atoms with Gasteiger partial charge in [0.05, 0.1) is 0 Å². The van der Waals surface area contributed by atoms with E-state index in [1.54, 1.807) is 0 Å². The van der Waals surface area contributed by atoms with Crippen LogP contribution in [0, 0.1) is 0 Å². The van der Waals surface area contributed by atoms with Gasteiger partial charge in [0.2, 0.25) is 0 Å². The first-order valence-electron chi connectivity index (χ1n) is 4.51. The Hall–Kier alpha value is -0.570. The molecule has 1 fully saturated rings. The highest BCUT2D eigenvalue weighted by Crippen LogP contribution is 2.23. The molecule has 1 aliphatic heterocycles. The molecule has 2 rings (SSSR count). The van der Waals surface area contributed by atoms with Gasteiger partial charge in [-0.1, -0.05) is 23.7 Å². The molecular formula is C10H13ClN2. The Morgan fingerprint density at radius 2 is 2.00 bits per heavy atom. The highest BCUT2D eigenvalue weighted by molar-refractivity contribution is 6.30. The second-order valence-electron chi connectivity index (χ2n) is 3.47. The van der Waals surface area contributed by atoms with Gasteiger partial charge in [-0.25, -0.2) is 0 Å². The summed E-state index contributed by atoms with van der Waals surface area (Å²) >= 11 is 5.82. The van der Waals surface area contributed by atoms with E-state index in [0.29, 0.717) is 12.0 Å². The largest absolute Gasteiger partial charge is 0.257 e. The number of halogens is 1. The van der Waals surface area contributed by atoms with Gasteiger partial charge in [0.15, 0.2) is 0 Å². The van der Waals surface area contributed by atoms with Crippen molar-refractivity contribution in [3.05, 3.63) is 34.9 Å². The summed E-state index contributed by atoms with van der Waals surface area (Å²) in [5.74, 6) is 0.553. The molecule has 1 aliphatic rings. The molecule has 0 amide bonds. The molecule has 1 aromatic carbocycles. The summed E-state index contributed by atoms with van der Waals surface area (Å²) in [4.78, 5) is 0. The zero-order chi connectivity index (χ0) is 9.26. The molecule has 3 heteroatoms. The Balaban J connectivity index is 2.20. The molecule has 2 unspecified atom stereocenters. The fourth-order valence-corrected chi connectivity index (χ4v) is 1.85. The minimum absolute atomic E-state index is 0.487. The van der Waals surface area contributed by atoms with E-state index in [4.69, 9.17) is 11.6 Å². The molecule has 1 saturated heterocycles. The average molecular weight is 197 g/mol. The third kappa shape index (κ3) is 1.85. The first kappa shape index (κ1) is 9.00. The summed E-state index contributed by atoms with van der Waals surface area (Å²) in [5.41, 5.74) is 7.69. The van der Waals surface area contributed by atoms with Crippen molar-refractivity contribution in [3.8, 4) is 0 Å². The molecule has 0 aliphatic carbocycles. The molecule has 0 spiro atoms. The summed E-state index contributed by atoms with van der Waals surface area (Å²) in [6.45, 7) is 3.17. The predicted molar refractivity (Wildman–Crippen MR) is 54.8 cm³/mol. The van der Waals surface area contributed by atoms with Crippen LogP contribution in [-0.4, -0.2) is 12.6 Å². The second-order valence-corrected chi connectivity index (χ2v) is 3.91. The molecule has 1 heterocycles. The third-order valence-corrected chi connectivity index (χ3v) is 2.81. The molecule has 0 saturated carbocycles. The van der Waals surface area contributed by atoms with E-state index in [9.17, 15) is 0 Å². The van der Waals surface area contributed by atoms with Gasteiger partial charge in [0.1, 0.15) is 0 Å². The van der Waals surface area contributed by atoms with Crippen molar-refractivity contribution >= 4 is 11.6 Å². The zero-order valence-electron chi connectivity index (χ0n) is 7.55. The molecule has 1 aromatic rings. The van der Waals surface area contributed by atoms with Gasteiger partial charge in [-0.3, -0.25) is 10.9 Å². The molecule has 2 N–H and O–H groups in total. The van der Waals surface area contributed by atoms with Crippen molar-refractivity contribution in [1.29, 1.82) is 0 Å². The van der Waals surface area contributed by atoms with Crippen LogP contribution in [0.3, 0.4) is 0 Å². The van der Waals surface area contributed by atoms with E-state index in [2.05, 4.69) is 29.9 Å². The normalized spacial score (nSPS) is 27.8. The van der Waals surface area contributed by atoms with Crippen molar-refractivity contribution < 1.29 is 0 Å². The molecule has 70 valence electrons. The fraction of sp³-hybridized carbons (Fsp3) is 0.400. The van der Waals surface area contributed by atoms with E-state index in [0.717, 1.165) is 11.6 Å². The Morgan fingerprint density at radius 1 is 1.31 bits per heavy atom.